The van der Waals surface area contributed by atoms with Crippen LogP contribution in [0.25, 0.3) is 0 Å². The molecule has 0 aliphatic carbocycles. The summed E-state index contributed by atoms with van der Waals surface area (Å²) in [5.74, 6) is -1.06. The second kappa shape index (κ2) is 4.63. The summed E-state index contributed by atoms with van der Waals surface area (Å²) in [5, 5.41) is 5.97. The first-order valence-corrected chi connectivity index (χ1v) is 4.27. The zero-order valence-electron chi connectivity index (χ0n) is 8.21. The average Bonchev–Trinajstić information content (AvgIpc) is 2.44. The number of carbonyl (C=O) groups is 1. The maximum Gasteiger partial charge on any atom is 0.434 e. The highest BCUT2D eigenvalue weighted by molar-refractivity contribution is 5.76. The summed E-state index contributed by atoms with van der Waals surface area (Å²) in [6, 6.07) is 0. The van der Waals surface area contributed by atoms with Gasteiger partial charge in [0.1, 0.15) is 12.2 Å². The Hall–Kier alpha value is -1.74. The van der Waals surface area contributed by atoms with E-state index in [9.17, 15) is 26.7 Å². The molecule has 5 nitrogen and oxygen atoms in total. The van der Waals surface area contributed by atoms with Crippen LogP contribution >= 0.6 is 0 Å². The Kier molecular flexibility index (Phi) is 3.63. The lowest BCUT2D eigenvalue weighted by Gasteiger charge is -2.10. The number of halogens is 5. The van der Waals surface area contributed by atoms with Crippen LogP contribution in [0.2, 0.25) is 0 Å². The minimum atomic E-state index is -4.93. The van der Waals surface area contributed by atoms with Gasteiger partial charge in [-0.1, -0.05) is 5.21 Å². The summed E-state index contributed by atoms with van der Waals surface area (Å²) in [6.45, 7) is -1.25. The lowest BCUT2D eigenvalue weighted by atomic mass is 10.2. The van der Waals surface area contributed by atoms with Gasteiger partial charge in [0.15, 0.2) is 5.69 Å². The predicted octanol–water partition coefficient (Wildman–Crippen LogP) is 0.590. The molecule has 0 radical (unpaired) electrons. The molecule has 1 aromatic heterocycles. The summed E-state index contributed by atoms with van der Waals surface area (Å²) in [4.78, 5) is 10.5. The maximum absolute atomic E-state index is 12.5. The minimum absolute atomic E-state index is 0.0168. The molecule has 0 unspecified atom stereocenters. The number of amides is 1. The summed E-state index contributed by atoms with van der Waals surface area (Å²) >= 11 is 0. The highest BCUT2D eigenvalue weighted by Crippen LogP contribution is 2.31. The summed E-state index contributed by atoms with van der Waals surface area (Å²) in [5.41, 5.74) is 2.48. The molecule has 0 saturated heterocycles. The number of hydrogen-bond acceptors (Lipinski definition) is 3. The molecule has 1 aromatic rings. The van der Waals surface area contributed by atoms with Gasteiger partial charge >= 0.3 is 6.18 Å². The zero-order chi connectivity index (χ0) is 13.2. The number of nitrogens with zero attached hydrogens (tertiary/aromatic N) is 3. The molecule has 0 aromatic carbocycles. The highest BCUT2D eigenvalue weighted by atomic mass is 19.4. The molecule has 0 spiro atoms. The first kappa shape index (κ1) is 13.3. The van der Waals surface area contributed by atoms with Crippen LogP contribution in [0, 0.1) is 0 Å². The Balaban J connectivity index is 3.15. The van der Waals surface area contributed by atoms with E-state index >= 15 is 0 Å². The van der Waals surface area contributed by atoms with E-state index in [-0.39, 0.29) is 4.68 Å². The second-order valence-corrected chi connectivity index (χ2v) is 3.10. The van der Waals surface area contributed by atoms with Crippen molar-refractivity contribution in [3.05, 3.63) is 11.4 Å². The van der Waals surface area contributed by atoms with Gasteiger partial charge in [0.25, 0.3) is 6.43 Å². The predicted molar refractivity (Wildman–Crippen MR) is 43.9 cm³/mol. The monoisotopic (exact) mass is 258 g/mol. The van der Waals surface area contributed by atoms with Crippen molar-refractivity contribution in [1.82, 2.24) is 15.0 Å². The number of aromatic nitrogens is 3. The van der Waals surface area contributed by atoms with E-state index in [0.717, 1.165) is 0 Å². The maximum atomic E-state index is 12.5. The average molecular weight is 258 g/mol. The van der Waals surface area contributed by atoms with Crippen molar-refractivity contribution in [2.75, 3.05) is 0 Å². The van der Waals surface area contributed by atoms with Crippen molar-refractivity contribution in [2.24, 2.45) is 5.73 Å². The highest BCUT2D eigenvalue weighted by Gasteiger charge is 2.40. The first-order chi connectivity index (χ1) is 7.71. The van der Waals surface area contributed by atoms with E-state index < -0.39 is 42.9 Å². The lowest BCUT2D eigenvalue weighted by molar-refractivity contribution is -0.145. The largest absolute Gasteiger partial charge is 0.434 e. The molecule has 0 aliphatic heterocycles. The fraction of sp³-hybridized carbons (Fsp3) is 0.571. The van der Waals surface area contributed by atoms with E-state index in [2.05, 4.69) is 10.3 Å². The first-order valence-electron chi connectivity index (χ1n) is 4.27. The standard InChI is InChI=1S/C7H7F5N4O/c8-4(9)2-16-6(7(10,11)12)3(14-15-16)1-5(13)17/h4H,1-2H2,(H2,13,17). The third-order valence-corrected chi connectivity index (χ3v) is 1.73. The van der Waals surface area contributed by atoms with Crippen LogP contribution < -0.4 is 5.73 Å². The molecule has 96 valence electrons. The van der Waals surface area contributed by atoms with Crippen molar-refractivity contribution in [3.63, 3.8) is 0 Å². The van der Waals surface area contributed by atoms with Gasteiger partial charge in [-0.15, -0.1) is 5.10 Å². The van der Waals surface area contributed by atoms with Gasteiger partial charge in [0.2, 0.25) is 5.91 Å². The van der Waals surface area contributed by atoms with E-state index in [1.807, 2.05) is 0 Å². The third kappa shape index (κ3) is 3.36. The smallest absolute Gasteiger partial charge is 0.369 e. The molecule has 10 heteroatoms. The molecule has 17 heavy (non-hydrogen) atoms. The number of carbonyl (C=O) groups excluding carboxylic acids is 1. The van der Waals surface area contributed by atoms with Crippen molar-refractivity contribution >= 4 is 5.91 Å². The molecule has 0 bridgehead atoms. The lowest BCUT2D eigenvalue weighted by Crippen LogP contribution is -2.22. The molecule has 1 amide bonds. The van der Waals surface area contributed by atoms with E-state index in [4.69, 9.17) is 5.73 Å². The molecular formula is C7H7F5N4O. The summed E-state index contributed by atoms with van der Waals surface area (Å²) in [6.07, 6.45) is -8.75. The minimum Gasteiger partial charge on any atom is -0.369 e. The topological polar surface area (TPSA) is 73.8 Å². The van der Waals surface area contributed by atoms with Crippen LogP contribution in [0.5, 0.6) is 0 Å². The SMILES string of the molecule is NC(=O)Cc1nnn(CC(F)F)c1C(F)(F)F. The van der Waals surface area contributed by atoms with Crippen LogP contribution in [-0.4, -0.2) is 27.3 Å². The number of rotatable bonds is 4. The van der Waals surface area contributed by atoms with Crippen molar-refractivity contribution < 1.29 is 26.7 Å². The van der Waals surface area contributed by atoms with Crippen molar-refractivity contribution in [3.8, 4) is 0 Å². The molecular weight excluding hydrogens is 251 g/mol. The number of primary amides is 1. The molecule has 0 saturated carbocycles. The quantitative estimate of drug-likeness (QED) is 0.803. The van der Waals surface area contributed by atoms with Crippen LogP contribution in [0.4, 0.5) is 22.0 Å². The summed E-state index contributed by atoms with van der Waals surface area (Å²) in [7, 11) is 0. The van der Waals surface area contributed by atoms with Crippen LogP contribution in [-0.2, 0) is 23.9 Å². The summed E-state index contributed by atoms with van der Waals surface area (Å²) < 4.78 is 61.7. The third-order valence-electron chi connectivity index (χ3n) is 1.73. The normalized spacial score (nSPS) is 12.1. The van der Waals surface area contributed by atoms with Gasteiger partial charge in [-0.05, 0) is 0 Å². The Morgan fingerprint density at radius 3 is 2.41 bits per heavy atom. The van der Waals surface area contributed by atoms with Crippen LogP contribution in [0.3, 0.4) is 0 Å². The van der Waals surface area contributed by atoms with Gasteiger partial charge in [-0.2, -0.15) is 13.2 Å². The van der Waals surface area contributed by atoms with Gasteiger partial charge in [-0.25, -0.2) is 13.5 Å². The zero-order valence-corrected chi connectivity index (χ0v) is 8.21. The Morgan fingerprint density at radius 1 is 1.41 bits per heavy atom. The Bertz CT molecular complexity index is 413. The van der Waals surface area contributed by atoms with E-state index in [1.165, 1.54) is 0 Å². The van der Waals surface area contributed by atoms with Crippen LogP contribution in [0.1, 0.15) is 11.4 Å². The molecule has 1 rings (SSSR count). The van der Waals surface area contributed by atoms with Crippen LogP contribution in [0.15, 0.2) is 0 Å². The number of nitrogens with two attached hydrogens (primary N) is 1. The molecule has 2 N–H and O–H groups in total. The second-order valence-electron chi connectivity index (χ2n) is 3.10. The van der Waals surface area contributed by atoms with Crippen molar-refractivity contribution in [2.45, 2.75) is 25.6 Å². The Labute approximate surface area is 91.4 Å². The Morgan fingerprint density at radius 2 is 2.00 bits per heavy atom. The van der Waals surface area contributed by atoms with Crippen molar-refractivity contribution in [1.29, 1.82) is 0 Å². The van der Waals surface area contributed by atoms with Gasteiger partial charge < -0.3 is 5.73 Å². The number of alkyl halides is 5. The van der Waals surface area contributed by atoms with E-state index in [1.54, 1.807) is 0 Å². The van der Waals surface area contributed by atoms with Gasteiger partial charge in [0.05, 0.1) is 6.42 Å². The van der Waals surface area contributed by atoms with E-state index in [0.29, 0.717) is 0 Å². The molecule has 0 aliphatic rings. The molecule has 1 heterocycles. The number of hydrogen-bond donors (Lipinski definition) is 1. The fourth-order valence-corrected chi connectivity index (χ4v) is 1.20. The fourth-order valence-electron chi connectivity index (χ4n) is 1.20. The van der Waals surface area contributed by atoms with Gasteiger partial charge in [0, 0.05) is 0 Å². The molecule has 0 atom stereocenters. The van der Waals surface area contributed by atoms with Gasteiger partial charge in [-0.3, -0.25) is 4.79 Å². The molecule has 0 fully saturated rings.